The molecule has 0 unspecified atom stereocenters. The Morgan fingerprint density at radius 3 is 2.05 bits per heavy atom. The summed E-state index contributed by atoms with van der Waals surface area (Å²) in [6.07, 6.45) is 1.40. The van der Waals surface area contributed by atoms with Crippen molar-refractivity contribution in [2.24, 2.45) is 0 Å². The number of benzene rings is 3. The van der Waals surface area contributed by atoms with Crippen molar-refractivity contribution in [2.45, 2.75) is 0 Å². The molecule has 2 aromatic heterocycles. The van der Waals surface area contributed by atoms with E-state index in [1.807, 2.05) is 60.7 Å². The molecule has 0 spiro atoms. The first kappa shape index (κ1) is 23.2. The lowest BCUT2D eigenvalue weighted by Gasteiger charge is -2.07. The van der Waals surface area contributed by atoms with Gasteiger partial charge in [0.05, 0.1) is 12.0 Å². The summed E-state index contributed by atoms with van der Waals surface area (Å²) in [5, 5.41) is 7.03. The second-order valence-corrected chi connectivity index (χ2v) is 7.79. The van der Waals surface area contributed by atoms with Crippen LogP contribution in [0, 0.1) is 0 Å². The molecule has 5 rings (SSSR count). The van der Waals surface area contributed by atoms with E-state index in [9.17, 15) is 14.4 Å². The van der Waals surface area contributed by atoms with Crippen LogP contribution in [0.2, 0.25) is 0 Å². The second-order valence-electron chi connectivity index (χ2n) is 7.79. The zero-order chi connectivity index (χ0) is 25.6. The van der Waals surface area contributed by atoms with Gasteiger partial charge in [-0.1, -0.05) is 48.5 Å². The number of aromatic nitrogens is 3. The van der Waals surface area contributed by atoms with Crippen molar-refractivity contribution < 1.29 is 18.8 Å². The smallest absolute Gasteiger partial charge is 0.309 e. The topological polar surface area (TPSA) is 131 Å². The largest absolute Gasteiger partial charge is 0.459 e. The van der Waals surface area contributed by atoms with E-state index in [0.29, 0.717) is 11.5 Å². The molecule has 0 bridgehead atoms. The highest BCUT2D eigenvalue weighted by atomic mass is 16.3. The van der Waals surface area contributed by atoms with Crippen LogP contribution in [-0.2, 0) is 0 Å². The number of hydrazine groups is 1. The third-order valence-corrected chi connectivity index (χ3v) is 5.28. The molecule has 182 valence electrons. The van der Waals surface area contributed by atoms with Gasteiger partial charge in [0.15, 0.2) is 11.6 Å². The molecule has 2 heterocycles. The van der Waals surface area contributed by atoms with Gasteiger partial charge in [0.25, 0.3) is 11.8 Å². The number of nitrogens with one attached hydrogen (secondary N) is 3. The average Bonchev–Trinajstić information content (AvgIpc) is 3.64. The van der Waals surface area contributed by atoms with Crippen molar-refractivity contribution in [3.05, 3.63) is 120 Å². The molecule has 10 heteroatoms. The fourth-order valence-electron chi connectivity index (χ4n) is 3.48. The summed E-state index contributed by atoms with van der Waals surface area (Å²) < 4.78 is 6.62. The number of furan rings is 1. The van der Waals surface area contributed by atoms with Gasteiger partial charge in [-0.05, 0) is 48.5 Å². The Balaban J connectivity index is 1.26. The minimum atomic E-state index is -0.678. The summed E-state index contributed by atoms with van der Waals surface area (Å²) in [6, 6.07) is 28.0. The Labute approximate surface area is 210 Å². The monoisotopic (exact) mass is 492 g/mol. The number of anilines is 1. The van der Waals surface area contributed by atoms with Crippen LogP contribution >= 0.6 is 0 Å². The minimum absolute atomic E-state index is 0.112. The highest BCUT2D eigenvalue weighted by molar-refractivity contribution is 6.03. The molecular weight excluding hydrogens is 472 g/mol. The number of carbonyl (C=O) groups is 3. The molecule has 0 saturated carbocycles. The van der Waals surface area contributed by atoms with Crippen LogP contribution in [0.3, 0.4) is 0 Å². The summed E-state index contributed by atoms with van der Waals surface area (Å²) in [5.41, 5.74) is 6.96. The maximum Gasteiger partial charge on any atom is 0.309 e. The van der Waals surface area contributed by atoms with Crippen molar-refractivity contribution in [1.29, 1.82) is 0 Å². The van der Waals surface area contributed by atoms with E-state index in [0.717, 1.165) is 11.3 Å². The molecule has 37 heavy (non-hydrogen) atoms. The first-order chi connectivity index (χ1) is 18.1. The normalized spacial score (nSPS) is 10.5. The summed E-state index contributed by atoms with van der Waals surface area (Å²) >= 11 is 0. The summed E-state index contributed by atoms with van der Waals surface area (Å²) in [5.74, 6) is -1.10. The lowest BCUT2D eigenvalue weighted by atomic mass is 10.2. The van der Waals surface area contributed by atoms with Crippen LogP contribution in [-0.4, -0.2) is 32.5 Å². The predicted molar refractivity (Wildman–Crippen MR) is 135 cm³/mol. The van der Waals surface area contributed by atoms with Crippen LogP contribution in [0.15, 0.2) is 108 Å². The van der Waals surface area contributed by atoms with E-state index in [2.05, 4.69) is 26.3 Å². The summed E-state index contributed by atoms with van der Waals surface area (Å²) in [7, 11) is 0. The van der Waals surface area contributed by atoms with Gasteiger partial charge < -0.3 is 9.73 Å². The molecule has 3 N–H and O–H groups in total. The molecular formula is C27H20N6O4. The number of para-hydroxylation sites is 1. The van der Waals surface area contributed by atoms with Crippen LogP contribution < -0.4 is 16.2 Å². The summed E-state index contributed by atoms with van der Waals surface area (Å²) in [4.78, 5) is 41.8. The number of rotatable bonds is 6. The van der Waals surface area contributed by atoms with E-state index >= 15 is 0 Å². The van der Waals surface area contributed by atoms with Crippen LogP contribution in [0.4, 0.5) is 5.69 Å². The van der Waals surface area contributed by atoms with Gasteiger partial charge >= 0.3 is 5.91 Å². The van der Waals surface area contributed by atoms with Crippen LogP contribution in [0.25, 0.3) is 17.1 Å². The third kappa shape index (κ3) is 5.28. The first-order valence-corrected chi connectivity index (χ1v) is 11.2. The zero-order valence-electron chi connectivity index (χ0n) is 19.3. The molecule has 0 aliphatic rings. The molecule has 0 radical (unpaired) electrons. The van der Waals surface area contributed by atoms with Crippen molar-refractivity contribution in [3.8, 4) is 17.1 Å². The lowest BCUT2D eigenvalue weighted by Crippen LogP contribution is -2.42. The average molecular weight is 492 g/mol. The van der Waals surface area contributed by atoms with Crippen molar-refractivity contribution >= 4 is 23.4 Å². The SMILES string of the molecule is O=C(NNC(=O)c1nc(-c2ccccc2)n(-c2ccccc2)n1)c1ccc(NC(=O)c2ccco2)cc1. The van der Waals surface area contributed by atoms with Crippen LogP contribution in [0.5, 0.6) is 0 Å². The van der Waals surface area contributed by atoms with Gasteiger partial charge in [-0.15, -0.1) is 5.10 Å². The second kappa shape index (κ2) is 10.4. The number of carbonyl (C=O) groups excluding carboxylic acids is 3. The zero-order valence-corrected chi connectivity index (χ0v) is 19.3. The number of nitrogens with zero attached hydrogens (tertiary/aromatic N) is 3. The maximum absolute atomic E-state index is 12.8. The molecule has 0 fully saturated rings. The Morgan fingerprint density at radius 1 is 0.703 bits per heavy atom. The lowest BCUT2D eigenvalue weighted by molar-refractivity contribution is 0.0841. The Kier molecular flexibility index (Phi) is 6.53. The Morgan fingerprint density at radius 2 is 1.38 bits per heavy atom. The molecule has 0 aliphatic heterocycles. The first-order valence-electron chi connectivity index (χ1n) is 11.2. The highest BCUT2D eigenvalue weighted by Gasteiger charge is 2.19. The van der Waals surface area contributed by atoms with E-state index in [-0.39, 0.29) is 17.1 Å². The van der Waals surface area contributed by atoms with E-state index < -0.39 is 17.7 Å². The van der Waals surface area contributed by atoms with Crippen molar-refractivity contribution in [3.63, 3.8) is 0 Å². The highest BCUT2D eigenvalue weighted by Crippen LogP contribution is 2.21. The van der Waals surface area contributed by atoms with Gasteiger partial charge in [-0.2, -0.15) is 0 Å². The van der Waals surface area contributed by atoms with Crippen LogP contribution in [0.1, 0.15) is 31.5 Å². The summed E-state index contributed by atoms with van der Waals surface area (Å²) in [6.45, 7) is 0. The van der Waals surface area contributed by atoms with E-state index in [4.69, 9.17) is 4.42 Å². The van der Waals surface area contributed by atoms with Gasteiger partial charge in [0, 0.05) is 16.8 Å². The maximum atomic E-state index is 12.8. The Hall–Kier alpha value is -5.51. The van der Waals surface area contributed by atoms with Gasteiger partial charge in [-0.3, -0.25) is 25.2 Å². The number of amides is 3. The number of hydrogen-bond acceptors (Lipinski definition) is 6. The van der Waals surface area contributed by atoms with E-state index in [1.54, 1.807) is 28.9 Å². The fraction of sp³-hybridized carbons (Fsp3) is 0. The predicted octanol–water partition coefficient (Wildman–Crippen LogP) is 3.85. The number of hydrogen-bond donors (Lipinski definition) is 3. The van der Waals surface area contributed by atoms with Gasteiger partial charge in [0.1, 0.15) is 0 Å². The fourth-order valence-corrected chi connectivity index (χ4v) is 3.48. The molecule has 5 aromatic rings. The van der Waals surface area contributed by atoms with Crippen molar-refractivity contribution in [1.82, 2.24) is 25.6 Å². The molecule has 0 atom stereocenters. The molecule has 10 nitrogen and oxygen atoms in total. The van der Waals surface area contributed by atoms with Gasteiger partial charge in [0.2, 0.25) is 5.82 Å². The molecule has 0 saturated heterocycles. The standard InChI is InChI=1S/C27H20N6O4/c34-25(19-13-15-20(16-14-19)28-26(35)22-12-7-17-37-22)30-31-27(36)23-29-24(18-8-3-1-4-9-18)33(32-23)21-10-5-2-6-11-21/h1-17H,(H,28,35)(H,30,34)(H,31,36). The van der Waals surface area contributed by atoms with Gasteiger partial charge in [-0.25, -0.2) is 9.67 Å². The third-order valence-electron chi connectivity index (χ3n) is 5.28. The Bertz CT molecular complexity index is 1470. The minimum Gasteiger partial charge on any atom is -0.459 e. The molecule has 0 aliphatic carbocycles. The molecule has 3 amide bonds. The molecule has 3 aromatic carbocycles. The van der Waals surface area contributed by atoms with E-state index in [1.165, 1.54) is 18.4 Å². The van der Waals surface area contributed by atoms with Crippen molar-refractivity contribution in [2.75, 3.05) is 5.32 Å². The quantitative estimate of drug-likeness (QED) is 0.309.